The van der Waals surface area contributed by atoms with E-state index in [1.807, 2.05) is 25.1 Å². The van der Waals surface area contributed by atoms with Gasteiger partial charge in [-0.3, -0.25) is 9.89 Å². The zero-order valence-corrected chi connectivity index (χ0v) is 10.2. The zero-order valence-electron chi connectivity index (χ0n) is 10.2. The largest absolute Gasteiger partial charge is 0.293 e. The molecule has 0 bridgehead atoms. The van der Waals surface area contributed by atoms with Crippen molar-refractivity contribution in [3.63, 3.8) is 0 Å². The van der Waals surface area contributed by atoms with Gasteiger partial charge in [0.05, 0.1) is 0 Å². The van der Waals surface area contributed by atoms with Crippen molar-refractivity contribution in [2.45, 2.75) is 26.7 Å². The van der Waals surface area contributed by atoms with Crippen LogP contribution >= 0.6 is 0 Å². The summed E-state index contributed by atoms with van der Waals surface area (Å²) in [5.41, 5.74) is 3.90. The van der Waals surface area contributed by atoms with Gasteiger partial charge in [-0.25, -0.2) is 0 Å². The average molecular weight is 228 g/mol. The first-order valence-corrected chi connectivity index (χ1v) is 5.77. The number of hydrogen-bond donors (Lipinski definition) is 1. The number of Topliss-reactive ketones (excluding diaryl/α,β-unsaturated/α-hetero) is 1. The normalized spacial score (nSPS) is 10.5. The third-order valence-corrected chi connectivity index (χ3v) is 2.91. The van der Waals surface area contributed by atoms with Crippen molar-refractivity contribution in [1.82, 2.24) is 10.2 Å². The van der Waals surface area contributed by atoms with Gasteiger partial charge in [0.1, 0.15) is 5.69 Å². The van der Waals surface area contributed by atoms with Gasteiger partial charge in [-0.15, -0.1) is 0 Å². The number of H-pyrrole nitrogens is 1. The van der Waals surface area contributed by atoms with Crippen molar-refractivity contribution < 1.29 is 4.79 Å². The number of nitrogens with zero attached hydrogens (tertiary/aromatic N) is 1. The monoisotopic (exact) mass is 228 g/mol. The maximum absolute atomic E-state index is 11.4. The molecule has 0 saturated heterocycles. The summed E-state index contributed by atoms with van der Waals surface area (Å²) in [6.45, 7) is 3.52. The molecule has 17 heavy (non-hydrogen) atoms. The van der Waals surface area contributed by atoms with Crippen LogP contribution < -0.4 is 0 Å². The highest BCUT2D eigenvalue weighted by molar-refractivity contribution is 5.93. The number of carbonyl (C=O) groups is 1. The van der Waals surface area contributed by atoms with Crippen LogP contribution in [-0.4, -0.2) is 16.0 Å². The summed E-state index contributed by atoms with van der Waals surface area (Å²) in [6.07, 6.45) is 1.78. The fourth-order valence-corrected chi connectivity index (χ4v) is 1.96. The summed E-state index contributed by atoms with van der Waals surface area (Å²) in [7, 11) is 0. The van der Waals surface area contributed by atoms with E-state index in [-0.39, 0.29) is 5.78 Å². The number of benzene rings is 1. The second kappa shape index (κ2) is 4.95. The van der Waals surface area contributed by atoms with Crippen LogP contribution in [0.3, 0.4) is 0 Å². The Bertz CT molecular complexity index is 514. The highest BCUT2D eigenvalue weighted by Crippen LogP contribution is 2.14. The molecule has 0 fully saturated rings. The molecule has 88 valence electrons. The zero-order chi connectivity index (χ0) is 12.3. The van der Waals surface area contributed by atoms with Gasteiger partial charge in [-0.2, -0.15) is 5.10 Å². The first-order chi connectivity index (χ1) is 8.18. The summed E-state index contributed by atoms with van der Waals surface area (Å²) in [4.78, 5) is 11.4. The lowest BCUT2D eigenvalue weighted by atomic mass is 10.0. The summed E-state index contributed by atoms with van der Waals surface area (Å²) in [6, 6.07) is 10.3. The van der Waals surface area contributed by atoms with Crippen LogP contribution in [0.4, 0.5) is 0 Å². The Morgan fingerprint density at radius 2 is 1.94 bits per heavy atom. The molecule has 0 aliphatic carbocycles. The second-order valence-electron chi connectivity index (χ2n) is 4.22. The fraction of sp³-hybridized carbons (Fsp3) is 0.286. The number of aryl methyl sites for hydroxylation is 2. The van der Waals surface area contributed by atoms with Gasteiger partial charge in [-0.05, 0) is 25.3 Å². The highest BCUT2D eigenvalue weighted by Gasteiger charge is 2.13. The van der Waals surface area contributed by atoms with E-state index < -0.39 is 0 Å². The molecular weight excluding hydrogens is 212 g/mol. The first-order valence-electron chi connectivity index (χ1n) is 5.77. The van der Waals surface area contributed by atoms with Crippen LogP contribution in [0.2, 0.25) is 0 Å². The van der Waals surface area contributed by atoms with Crippen LogP contribution in [0.1, 0.15) is 34.2 Å². The maximum atomic E-state index is 11.4. The summed E-state index contributed by atoms with van der Waals surface area (Å²) in [5, 5.41) is 6.94. The van der Waals surface area contributed by atoms with Crippen molar-refractivity contribution in [2.24, 2.45) is 0 Å². The molecule has 1 N–H and O–H groups in total. The molecule has 1 aromatic heterocycles. The quantitative estimate of drug-likeness (QED) is 0.818. The molecule has 2 rings (SSSR count). The number of aromatic nitrogens is 2. The lowest BCUT2D eigenvalue weighted by Crippen LogP contribution is -2.01. The molecule has 0 spiro atoms. The molecule has 0 unspecified atom stereocenters. The molecule has 0 radical (unpaired) electrons. The predicted octanol–water partition coefficient (Wildman–Crippen LogP) is 2.71. The van der Waals surface area contributed by atoms with Crippen molar-refractivity contribution in [1.29, 1.82) is 0 Å². The van der Waals surface area contributed by atoms with Crippen LogP contribution in [0.25, 0.3) is 0 Å². The third kappa shape index (κ3) is 2.61. The van der Waals surface area contributed by atoms with Crippen molar-refractivity contribution in [3.05, 3.63) is 52.8 Å². The maximum Gasteiger partial charge on any atom is 0.180 e. The van der Waals surface area contributed by atoms with Gasteiger partial charge in [0, 0.05) is 18.2 Å². The fourth-order valence-electron chi connectivity index (χ4n) is 1.96. The Morgan fingerprint density at radius 3 is 2.59 bits per heavy atom. The van der Waals surface area contributed by atoms with Gasteiger partial charge in [-0.1, -0.05) is 30.3 Å². The van der Waals surface area contributed by atoms with Crippen molar-refractivity contribution in [3.8, 4) is 0 Å². The van der Waals surface area contributed by atoms with E-state index in [1.165, 1.54) is 5.56 Å². The Morgan fingerprint density at radius 1 is 1.24 bits per heavy atom. The van der Waals surface area contributed by atoms with E-state index in [2.05, 4.69) is 22.3 Å². The molecule has 0 amide bonds. The van der Waals surface area contributed by atoms with Gasteiger partial charge in [0.2, 0.25) is 0 Å². The smallest absolute Gasteiger partial charge is 0.180 e. The lowest BCUT2D eigenvalue weighted by Gasteiger charge is -2.02. The van der Waals surface area contributed by atoms with Gasteiger partial charge >= 0.3 is 0 Å². The van der Waals surface area contributed by atoms with Gasteiger partial charge in [0.25, 0.3) is 0 Å². The van der Waals surface area contributed by atoms with Crippen molar-refractivity contribution >= 4 is 5.78 Å². The molecule has 1 aromatic carbocycles. The van der Waals surface area contributed by atoms with Crippen LogP contribution in [0.15, 0.2) is 30.3 Å². The van der Waals surface area contributed by atoms with Gasteiger partial charge in [0.15, 0.2) is 5.78 Å². The van der Waals surface area contributed by atoms with E-state index >= 15 is 0 Å². The van der Waals surface area contributed by atoms with Crippen LogP contribution in [0, 0.1) is 6.92 Å². The molecule has 0 atom stereocenters. The Kier molecular flexibility index (Phi) is 3.38. The van der Waals surface area contributed by atoms with E-state index in [4.69, 9.17) is 0 Å². The molecular formula is C14H16N2O. The average Bonchev–Trinajstić information content (AvgIpc) is 2.69. The third-order valence-electron chi connectivity index (χ3n) is 2.91. The van der Waals surface area contributed by atoms with E-state index in [1.54, 1.807) is 6.92 Å². The molecule has 3 nitrogen and oxygen atoms in total. The molecule has 1 heterocycles. The SMILES string of the molecule is CC(=O)c1n[nH]c(C)c1CCc1ccccc1. The number of aromatic amines is 1. The predicted molar refractivity (Wildman–Crippen MR) is 67.2 cm³/mol. The van der Waals surface area contributed by atoms with Crippen LogP contribution in [0.5, 0.6) is 0 Å². The Labute approximate surface area is 101 Å². The number of rotatable bonds is 4. The van der Waals surface area contributed by atoms with E-state index in [9.17, 15) is 4.79 Å². The summed E-state index contributed by atoms with van der Waals surface area (Å²) < 4.78 is 0. The minimum absolute atomic E-state index is 0.0254. The van der Waals surface area contributed by atoms with Crippen LogP contribution in [-0.2, 0) is 12.8 Å². The summed E-state index contributed by atoms with van der Waals surface area (Å²) in [5.74, 6) is 0.0254. The highest BCUT2D eigenvalue weighted by atomic mass is 16.1. The second-order valence-corrected chi connectivity index (χ2v) is 4.22. The molecule has 0 aliphatic rings. The summed E-state index contributed by atoms with van der Waals surface area (Å²) >= 11 is 0. The lowest BCUT2D eigenvalue weighted by molar-refractivity contribution is 0.101. The molecule has 3 heteroatoms. The molecule has 0 aliphatic heterocycles. The Hall–Kier alpha value is -1.90. The molecule has 2 aromatic rings. The van der Waals surface area contributed by atoms with E-state index in [0.29, 0.717) is 5.69 Å². The topological polar surface area (TPSA) is 45.8 Å². The number of nitrogens with one attached hydrogen (secondary N) is 1. The Balaban J connectivity index is 2.14. The standard InChI is InChI=1S/C14H16N2O/c1-10-13(14(11(2)17)16-15-10)9-8-12-6-4-3-5-7-12/h3-7H,8-9H2,1-2H3,(H,15,16). The number of carbonyl (C=O) groups excluding carboxylic acids is 1. The molecule has 0 saturated carbocycles. The van der Waals surface area contributed by atoms with Gasteiger partial charge < -0.3 is 0 Å². The van der Waals surface area contributed by atoms with Crippen molar-refractivity contribution in [2.75, 3.05) is 0 Å². The first kappa shape index (κ1) is 11.6. The van der Waals surface area contributed by atoms with E-state index in [0.717, 1.165) is 24.1 Å². The minimum Gasteiger partial charge on any atom is -0.293 e. The minimum atomic E-state index is 0.0254. The number of hydrogen-bond acceptors (Lipinski definition) is 2. The number of ketones is 1.